The van der Waals surface area contributed by atoms with Crippen LogP contribution in [0.3, 0.4) is 0 Å². The highest BCUT2D eigenvalue weighted by atomic mass is 19.3. The quantitative estimate of drug-likeness (QED) is 0.360. The van der Waals surface area contributed by atoms with E-state index in [9.17, 15) is 8.78 Å². The Morgan fingerprint density at radius 2 is 1.68 bits per heavy atom. The first-order chi connectivity index (χ1) is 15.0. The van der Waals surface area contributed by atoms with E-state index in [0.29, 0.717) is 18.9 Å². The second-order valence-electron chi connectivity index (χ2n) is 9.85. The Hall–Kier alpha value is -1.22. The summed E-state index contributed by atoms with van der Waals surface area (Å²) in [4.78, 5) is 0. The van der Waals surface area contributed by atoms with E-state index < -0.39 is 12.0 Å². The van der Waals surface area contributed by atoms with E-state index in [1.807, 2.05) is 6.92 Å². The molecule has 2 saturated carbocycles. The SMILES string of the molecule is CCCCc1ccc(/C=C/CCC2CCC(C3CCC(OCC)C(F)(F)C3)CC2)cc1. The van der Waals surface area contributed by atoms with Gasteiger partial charge >= 0.3 is 0 Å². The first-order valence-corrected chi connectivity index (χ1v) is 12.8. The van der Waals surface area contributed by atoms with Crippen LogP contribution in [0.15, 0.2) is 30.3 Å². The van der Waals surface area contributed by atoms with Crippen molar-refractivity contribution in [3.8, 4) is 0 Å². The van der Waals surface area contributed by atoms with Crippen LogP contribution in [-0.4, -0.2) is 18.6 Å². The Labute approximate surface area is 188 Å². The van der Waals surface area contributed by atoms with Crippen LogP contribution >= 0.6 is 0 Å². The Balaban J connectivity index is 1.35. The van der Waals surface area contributed by atoms with Gasteiger partial charge in [-0.25, -0.2) is 8.78 Å². The molecule has 0 saturated heterocycles. The average Bonchev–Trinajstić information content (AvgIpc) is 2.78. The second-order valence-corrected chi connectivity index (χ2v) is 9.85. The van der Waals surface area contributed by atoms with Gasteiger partial charge in [0, 0.05) is 13.0 Å². The van der Waals surface area contributed by atoms with Crippen LogP contribution in [0, 0.1) is 17.8 Å². The van der Waals surface area contributed by atoms with E-state index in [4.69, 9.17) is 4.74 Å². The van der Waals surface area contributed by atoms with E-state index in [0.717, 1.165) is 31.6 Å². The number of hydrogen-bond donors (Lipinski definition) is 0. The number of unbranched alkanes of at least 4 members (excludes halogenated alkanes) is 1. The minimum atomic E-state index is -2.64. The van der Waals surface area contributed by atoms with Crippen LogP contribution in [0.4, 0.5) is 8.78 Å². The number of allylic oxidation sites excluding steroid dienone is 1. The molecule has 0 amide bonds. The third-order valence-corrected chi connectivity index (χ3v) is 7.58. The van der Waals surface area contributed by atoms with Gasteiger partial charge in [0.1, 0.15) is 6.10 Å². The first kappa shape index (κ1) is 24.4. The minimum absolute atomic E-state index is 0.0347. The van der Waals surface area contributed by atoms with Crippen LogP contribution in [0.1, 0.15) is 95.6 Å². The maximum absolute atomic E-state index is 14.4. The molecule has 2 aliphatic rings. The van der Waals surface area contributed by atoms with Crippen LogP contribution in [0.25, 0.3) is 6.08 Å². The van der Waals surface area contributed by atoms with E-state index in [1.165, 1.54) is 49.7 Å². The topological polar surface area (TPSA) is 9.23 Å². The fraction of sp³-hybridized carbons (Fsp3) is 0.714. The molecule has 174 valence electrons. The first-order valence-electron chi connectivity index (χ1n) is 12.8. The van der Waals surface area contributed by atoms with Gasteiger partial charge in [0.25, 0.3) is 5.92 Å². The monoisotopic (exact) mass is 432 g/mol. The summed E-state index contributed by atoms with van der Waals surface area (Å²) in [7, 11) is 0. The summed E-state index contributed by atoms with van der Waals surface area (Å²) in [5.41, 5.74) is 2.72. The second kappa shape index (κ2) is 12.1. The van der Waals surface area contributed by atoms with Crippen LogP contribution in [-0.2, 0) is 11.2 Å². The molecule has 1 aromatic carbocycles. The predicted octanol–water partition coefficient (Wildman–Crippen LogP) is 8.47. The zero-order valence-corrected chi connectivity index (χ0v) is 19.6. The lowest BCUT2D eigenvalue weighted by molar-refractivity contribution is -0.172. The van der Waals surface area contributed by atoms with Gasteiger partial charge in [0.2, 0.25) is 0 Å². The van der Waals surface area contributed by atoms with E-state index >= 15 is 0 Å². The summed E-state index contributed by atoms with van der Waals surface area (Å²) in [6, 6.07) is 8.95. The molecule has 0 bridgehead atoms. The zero-order valence-electron chi connectivity index (χ0n) is 19.6. The Kier molecular flexibility index (Phi) is 9.56. The Morgan fingerprint density at radius 1 is 0.968 bits per heavy atom. The molecule has 2 aliphatic carbocycles. The molecule has 2 atom stereocenters. The molecule has 3 heteroatoms. The van der Waals surface area contributed by atoms with Crippen molar-refractivity contribution in [1.82, 2.24) is 0 Å². The molecular formula is C28H42F2O. The van der Waals surface area contributed by atoms with Gasteiger partial charge in [-0.05, 0) is 87.2 Å². The van der Waals surface area contributed by atoms with Crippen molar-refractivity contribution in [2.24, 2.45) is 17.8 Å². The van der Waals surface area contributed by atoms with Crippen molar-refractivity contribution in [3.05, 3.63) is 41.5 Å². The molecule has 0 heterocycles. The number of aryl methyl sites for hydroxylation is 1. The summed E-state index contributed by atoms with van der Waals surface area (Å²) >= 11 is 0. The van der Waals surface area contributed by atoms with Crippen molar-refractivity contribution in [3.63, 3.8) is 0 Å². The van der Waals surface area contributed by atoms with Gasteiger partial charge < -0.3 is 4.74 Å². The summed E-state index contributed by atoms with van der Waals surface area (Å²) in [5.74, 6) is -1.20. The Morgan fingerprint density at radius 3 is 2.32 bits per heavy atom. The normalized spacial score (nSPS) is 28.8. The van der Waals surface area contributed by atoms with Gasteiger partial charge in [-0.15, -0.1) is 0 Å². The number of rotatable bonds is 10. The summed E-state index contributed by atoms with van der Waals surface area (Å²) in [6.45, 7) is 4.42. The maximum Gasteiger partial charge on any atom is 0.274 e. The smallest absolute Gasteiger partial charge is 0.274 e. The molecule has 31 heavy (non-hydrogen) atoms. The van der Waals surface area contributed by atoms with Gasteiger partial charge in [-0.2, -0.15) is 0 Å². The lowest BCUT2D eigenvalue weighted by atomic mass is 9.69. The lowest BCUT2D eigenvalue weighted by Crippen LogP contribution is -2.44. The largest absolute Gasteiger partial charge is 0.372 e. The molecule has 2 fully saturated rings. The standard InChI is InChI=1S/C28H42F2O/c1-3-5-8-22-11-13-23(14-12-22)9-6-7-10-24-15-17-25(18-16-24)26-19-20-27(31-4-2)28(29,30)21-26/h6,9,11-14,24-27H,3-5,7-8,10,15-21H2,1-2H3/b9-6+. The molecule has 1 aromatic rings. The van der Waals surface area contributed by atoms with E-state index in [1.54, 1.807) is 0 Å². The number of ether oxygens (including phenoxy) is 1. The molecule has 0 N–H and O–H groups in total. The van der Waals surface area contributed by atoms with Gasteiger partial charge in [-0.3, -0.25) is 0 Å². The molecule has 1 nitrogen and oxygen atoms in total. The molecule has 2 unspecified atom stereocenters. The highest BCUT2D eigenvalue weighted by molar-refractivity contribution is 5.49. The van der Waals surface area contributed by atoms with Crippen molar-refractivity contribution in [2.75, 3.05) is 6.61 Å². The van der Waals surface area contributed by atoms with Crippen molar-refractivity contribution < 1.29 is 13.5 Å². The average molecular weight is 433 g/mol. The van der Waals surface area contributed by atoms with Gasteiger partial charge in [0.15, 0.2) is 0 Å². The lowest BCUT2D eigenvalue weighted by Gasteiger charge is -2.41. The van der Waals surface area contributed by atoms with Crippen molar-refractivity contribution in [2.45, 2.75) is 103 Å². The van der Waals surface area contributed by atoms with Crippen LogP contribution in [0.5, 0.6) is 0 Å². The fourth-order valence-electron chi connectivity index (χ4n) is 5.64. The fourth-order valence-corrected chi connectivity index (χ4v) is 5.64. The number of hydrogen-bond acceptors (Lipinski definition) is 1. The summed E-state index contributed by atoms with van der Waals surface area (Å²) in [6.07, 6.45) is 15.9. The van der Waals surface area contributed by atoms with E-state index in [2.05, 4.69) is 43.3 Å². The molecule has 0 aromatic heterocycles. The summed E-state index contributed by atoms with van der Waals surface area (Å²) in [5, 5.41) is 0. The third kappa shape index (κ3) is 7.41. The highest BCUT2D eigenvalue weighted by Crippen LogP contribution is 2.46. The minimum Gasteiger partial charge on any atom is -0.372 e. The number of alkyl halides is 2. The zero-order chi connectivity index (χ0) is 22.1. The summed E-state index contributed by atoms with van der Waals surface area (Å²) < 4.78 is 34.2. The van der Waals surface area contributed by atoms with Crippen LogP contribution < -0.4 is 0 Å². The highest BCUT2D eigenvalue weighted by Gasteiger charge is 2.47. The third-order valence-electron chi connectivity index (χ3n) is 7.58. The van der Waals surface area contributed by atoms with Crippen molar-refractivity contribution in [1.29, 1.82) is 0 Å². The molecule has 0 radical (unpaired) electrons. The van der Waals surface area contributed by atoms with Gasteiger partial charge in [0.05, 0.1) is 0 Å². The predicted molar refractivity (Wildman–Crippen MR) is 126 cm³/mol. The Bertz CT molecular complexity index is 658. The maximum atomic E-state index is 14.4. The molecule has 3 rings (SSSR count). The number of benzene rings is 1. The van der Waals surface area contributed by atoms with Crippen LogP contribution in [0.2, 0.25) is 0 Å². The molecule has 0 aliphatic heterocycles. The van der Waals surface area contributed by atoms with E-state index in [-0.39, 0.29) is 12.3 Å². The molecule has 0 spiro atoms. The molecular weight excluding hydrogens is 390 g/mol. The van der Waals surface area contributed by atoms with Crippen molar-refractivity contribution >= 4 is 6.08 Å². The number of halogens is 2. The van der Waals surface area contributed by atoms with Gasteiger partial charge in [-0.1, -0.05) is 62.6 Å².